The number of carbonyl (C=O) groups excluding carboxylic acids is 1. The fourth-order valence-corrected chi connectivity index (χ4v) is 2.05. The summed E-state index contributed by atoms with van der Waals surface area (Å²) in [6, 6.07) is 18.1. The minimum absolute atomic E-state index is 0.570. The van der Waals surface area contributed by atoms with Crippen molar-refractivity contribution in [3.63, 3.8) is 0 Å². The zero-order valence-electron chi connectivity index (χ0n) is 10.0. The Bertz CT molecular complexity index is 569. The first-order valence-corrected chi connectivity index (χ1v) is 6.57. The molecule has 0 saturated heterocycles. The number of benzene rings is 2. The van der Waals surface area contributed by atoms with Crippen LogP contribution in [0.3, 0.4) is 0 Å². The molecule has 1 N–H and O–H groups in total. The predicted octanol–water partition coefficient (Wildman–Crippen LogP) is 4.23. The first kappa shape index (κ1) is 13.4. The van der Waals surface area contributed by atoms with Crippen LogP contribution in [0.25, 0.3) is 0 Å². The number of halogens is 1. The first-order valence-electron chi connectivity index (χ1n) is 5.69. The van der Waals surface area contributed by atoms with Gasteiger partial charge in [-0.05, 0) is 24.3 Å². The van der Waals surface area contributed by atoms with Crippen molar-refractivity contribution in [2.45, 2.75) is 4.90 Å². The van der Waals surface area contributed by atoms with E-state index in [2.05, 4.69) is 5.32 Å². The van der Waals surface area contributed by atoms with E-state index in [-0.39, 0.29) is 0 Å². The number of rotatable bonds is 4. The summed E-state index contributed by atoms with van der Waals surface area (Å²) in [7, 11) is 0. The Labute approximate surface area is 115 Å². The molecule has 0 fully saturated rings. The third-order valence-electron chi connectivity index (χ3n) is 2.29. The molecule has 2 nitrogen and oxygen atoms in total. The highest BCUT2D eigenvalue weighted by Crippen LogP contribution is 2.21. The van der Waals surface area contributed by atoms with Gasteiger partial charge in [0.2, 0.25) is 0 Å². The summed E-state index contributed by atoms with van der Waals surface area (Å²) in [5.41, 5.74) is 0.570. The van der Waals surface area contributed by atoms with Gasteiger partial charge in [0.25, 0.3) is 5.91 Å². The molecule has 0 aliphatic rings. The van der Waals surface area contributed by atoms with Crippen LogP contribution in [0.15, 0.2) is 76.8 Å². The molecule has 96 valence electrons. The van der Waals surface area contributed by atoms with Crippen LogP contribution in [0.1, 0.15) is 0 Å². The largest absolute Gasteiger partial charge is 0.320 e. The summed E-state index contributed by atoms with van der Waals surface area (Å²) in [5.74, 6) is -1.55. The average molecular weight is 273 g/mol. The van der Waals surface area contributed by atoms with Gasteiger partial charge in [-0.3, -0.25) is 4.79 Å². The molecule has 1 amide bonds. The minimum atomic E-state index is -0.808. The number of amides is 1. The fraction of sp³-hybridized carbons (Fsp3) is 0. The summed E-state index contributed by atoms with van der Waals surface area (Å²) in [6.45, 7) is 0. The van der Waals surface area contributed by atoms with Crippen molar-refractivity contribution >= 4 is 23.4 Å². The van der Waals surface area contributed by atoms with Gasteiger partial charge in [0.15, 0.2) is 5.83 Å². The van der Waals surface area contributed by atoms with E-state index in [1.165, 1.54) is 17.2 Å². The lowest BCUT2D eigenvalue weighted by atomic mass is 10.3. The van der Waals surface area contributed by atoms with Gasteiger partial charge in [0.1, 0.15) is 0 Å². The Hall–Kier alpha value is -2.07. The lowest BCUT2D eigenvalue weighted by molar-refractivity contribution is -0.114. The highest BCUT2D eigenvalue weighted by Gasteiger charge is 2.08. The number of carbonyl (C=O) groups is 1. The minimum Gasteiger partial charge on any atom is -0.320 e. The maximum atomic E-state index is 13.6. The summed E-state index contributed by atoms with van der Waals surface area (Å²) in [6.07, 6.45) is 0. The number of hydrogen-bond acceptors (Lipinski definition) is 2. The van der Waals surface area contributed by atoms with Crippen molar-refractivity contribution in [2.24, 2.45) is 0 Å². The van der Waals surface area contributed by atoms with E-state index in [9.17, 15) is 9.18 Å². The molecule has 0 bridgehead atoms. The van der Waals surface area contributed by atoms with Crippen LogP contribution < -0.4 is 5.32 Å². The third kappa shape index (κ3) is 4.26. The number of thioether (sulfide) groups is 1. The monoisotopic (exact) mass is 273 g/mol. The van der Waals surface area contributed by atoms with Crippen LogP contribution in [0.2, 0.25) is 0 Å². The van der Waals surface area contributed by atoms with Crippen LogP contribution in [0.5, 0.6) is 0 Å². The number of para-hydroxylation sites is 1. The second kappa shape index (κ2) is 6.75. The lowest BCUT2D eigenvalue weighted by Gasteiger charge is -2.02. The SMILES string of the molecule is O=C(Nc1ccccc1)/C(F)=C/Sc1ccccc1. The normalized spacial score (nSPS) is 11.1. The van der Waals surface area contributed by atoms with Crippen LogP contribution in [0.4, 0.5) is 10.1 Å². The van der Waals surface area contributed by atoms with E-state index >= 15 is 0 Å². The van der Waals surface area contributed by atoms with Gasteiger partial charge in [-0.15, -0.1) is 0 Å². The molecule has 0 heterocycles. The Morgan fingerprint density at radius 1 is 1.00 bits per heavy atom. The van der Waals surface area contributed by atoms with Crippen molar-refractivity contribution in [2.75, 3.05) is 5.32 Å². The Morgan fingerprint density at radius 3 is 2.21 bits per heavy atom. The lowest BCUT2D eigenvalue weighted by Crippen LogP contribution is -2.11. The molecular formula is C15H12FNOS. The first-order chi connectivity index (χ1) is 9.25. The van der Waals surface area contributed by atoms with Gasteiger partial charge >= 0.3 is 0 Å². The molecule has 0 atom stereocenters. The molecule has 2 aromatic carbocycles. The van der Waals surface area contributed by atoms with Crippen LogP contribution in [-0.4, -0.2) is 5.91 Å². The second-order valence-corrected chi connectivity index (χ2v) is 4.66. The van der Waals surface area contributed by atoms with Crippen molar-refractivity contribution in [1.82, 2.24) is 0 Å². The fourth-order valence-electron chi connectivity index (χ4n) is 1.38. The Kier molecular flexibility index (Phi) is 4.75. The molecule has 0 saturated carbocycles. The van der Waals surface area contributed by atoms with Crippen LogP contribution in [0, 0.1) is 0 Å². The van der Waals surface area contributed by atoms with Crippen molar-refractivity contribution in [3.05, 3.63) is 71.9 Å². The second-order valence-electron chi connectivity index (χ2n) is 3.72. The topological polar surface area (TPSA) is 29.1 Å². The van der Waals surface area contributed by atoms with Crippen molar-refractivity contribution < 1.29 is 9.18 Å². The maximum absolute atomic E-state index is 13.6. The smallest absolute Gasteiger partial charge is 0.284 e. The summed E-state index contributed by atoms with van der Waals surface area (Å²) in [5, 5.41) is 3.68. The molecule has 2 rings (SSSR count). The van der Waals surface area contributed by atoms with Gasteiger partial charge in [-0.25, -0.2) is 4.39 Å². The molecule has 0 aromatic heterocycles. The summed E-state index contributed by atoms with van der Waals surface area (Å²) in [4.78, 5) is 12.4. The Balaban J connectivity index is 1.95. The quantitative estimate of drug-likeness (QED) is 0.667. The summed E-state index contributed by atoms with van der Waals surface area (Å²) < 4.78 is 13.6. The molecule has 0 aliphatic carbocycles. The number of anilines is 1. The molecule has 4 heteroatoms. The predicted molar refractivity (Wildman–Crippen MR) is 76.6 cm³/mol. The number of hydrogen-bond donors (Lipinski definition) is 1. The van der Waals surface area contributed by atoms with Gasteiger partial charge < -0.3 is 5.32 Å². The van der Waals surface area contributed by atoms with Crippen LogP contribution >= 0.6 is 11.8 Å². The average Bonchev–Trinajstić information content (AvgIpc) is 2.47. The van der Waals surface area contributed by atoms with Crippen molar-refractivity contribution in [3.8, 4) is 0 Å². The Morgan fingerprint density at radius 2 is 1.58 bits per heavy atom. The molecular weight excluding hydrogens is 261 g/mol. The molecule has 0 aliphatic heterocycles. The highest BCUT2D eigenvalue weighted by molar-refractivity contribution is 8.02. The van der Waals surface area contributed by atoms with E-state index in [4.69, 9.17) is 0 Å². The molecule has 0 radical (unpaired) electrons. The highest BCUT2D eigenvalue weighted by atomic mass is 32.2. The zero-order valence-corrected chi connectivity index (χ0v) is 10.9. The van der Waals surface area contributed by atoms with Gasteiger partial charge in [-0.2, -0.15) is 0 Å². The van der Waals surface area contributed by atoms with E-state index < -0.39 is 11.7 Å². The summed E-state index contributed by atoms with van der Waals surface area (Å²) >= 11 is 1.17. The van der Waals surface area contributed by atoms with E-state index in [0.29, 0.717) is 5.69 Å². The maximum Gasteiger partial charge on any atom is 0.284 e. The number of nitrogens with one attached hydrogen (secondary N) is 1. The van der Waals surface area contributed by atoms with Gasteiger partial charge in [0.05, 0.1) is 0 Å². The molecule has 0 spiro atoms. The van der Waals surface area contributed by atoms with E-state index in [1.807, 2.05) is 36.4 Å². The van der Waals surface area contributed by atoms with E-state index in [0.717, 1.165) is 4.90 Å². The van der Waals surface area contributed by atoms with E-state index in [1.54, 1.807) is 24.3 Å². The van der Waals surface area contributed by atoms with Gasteiger partial charge in [0, 0.05) is 16.0 Å². The van der Waals surface area contributed by atoms with Crippen LogP contribution in [-0.2, 0) is 4.79 Å². The standard InChI is InChI=1S/C15H12FNOS/c16-14(11-19-13-9-5-2-6-10-13)15(18)17-12-7-3-1-4-8-12/h1-11H,(H,17,18)/b14-11-. The van der Waals surface area contributed by atoms with Gasteiger partial charge in [-0.1, -0.05) is 48.2 Å². The van der Waals surface area contributed by atoms with Crippen molar-refractivity contribution in [1.29, 1.82) is 0 Å². The zero-order chi connectivity index (χ0) is 13.5. The molecule has 2 aromatic rings. The molecule has 19 heavy (non-hydrogen) atoms. The molecule has 0 unspecified atom stereocenters. The third-order valence-corrected chi connectivity index (χ3v) is 3.16.